The zero-order chi connectivity index (χ0) is 16.1. The Hall–Kier alpha value is -1.01. The lowest BCUT2D eigenvalue weighted by molar-refractivity contribution is 0.0821. The summed E-state index contributed by atoms with van der Waals surface area (Å²) in [6.07, 6.45) is -0.631. The standard InChI is InChI=1S/C16H25ClN2O3/c1-11(10-19-6-4-18-5-7-19)16(20)12-8-13(17)15(22-3)9-14(12)21-2/h8-9,11,16,18,20H,4-7,10H2,1-3H3. The van der Waals surface area contributed by atoms with Crippen LogP contribution in [0.2, 0.25) is 5.02 Å². The van der Waals surface area contributed by atoms with Crippen LogP contribution < -0.4 is 14.8 Å². The summed E-state index contributed by atoms with van der Waals surface area (Å²) in [5, 5.41) is 14.5. The summed E-state index contributed by atoms with van der Waals surface area (Å²) in [5.41, 5.74) is 0.705. The second kappa shape index (κ2) is 8.02. The summed E-state index contributed by atoms with van der Waals surface area (Å²) in [5.74, 6) is 1.22. The molecule has 22 heavy (non-hydrogen) atoms. The van der Waals surface area contributed by atoms with Crippen LogP contribution in [-0.4, -0.2) is 56.9 Å². The molecule has 0 aromatic heterocycles. The minimum absolute atomic E-state index is 0.0801. The molecule has 0 spiro atoms. The van der Waals surface area contributed by atoms with Crippen LogP contribution in [0.3, 0.4) is 0 Å². The molecular formula is C16H25ClN2O3. The lowest BCUT2D eigenvalue weighted by atomic mass is 9.95. The van der Waals surface area contributed by atoms with E-state index in [-0.39, 0.29) is 5.92 Å². The summed E-state index contributed by atoms with van der Waals surface area (Å²) in [4.78, 5) is 2.36. The number of aliphatic hydroxyl groups is 1. The average Bonchev–Trinajstić information content (AvgIpc) is 2.54. The Morgan fingerprint density at radius 3 is 2.45 bits per heavy atom. The number of methoxy groups -OCH3 is 2. The summed E-state index contributed by atoms with van der Waals surface area (Å²) in [6, 6.07) is 3.45. The molecule has 0 aliphatic carbocycles. The normalized spacial score (nSPS) is 18.8. The van der Waals surface area contributed by atoms with E-state index in [4.69, 9.17) is 21.1 Å². The molecule has 2 rings (SSSR count). The van der Waals surface area contributed by atoms with Crippen molar-refractivity contribution in [2.75, 3.05) is 46.9 Å². The van der Waals surface area contributed by atoms with E-state index in [2.05, 4.69) is 10.2 Å². The largest absolute Gasteiger partial charge is 0.496 e. The average molecular weight is 329 g/mol. The first-order valence-electron chi connectivity index (χ1n) is 7.59. The molecule has 2 unspecified atom stereocenters. The Morgan fingerprint density at radius 2 is 1.86 bits per heavy atom. The third kappa shape index (κ3) is 4.04. The van der Waals surface area contributed by atoms with Crippen molar-refractivity contribution in [3.8, 4) is 11.5 Å². The van der Waals surface area contributed by atoms with E-state index in [1.807, 2.05) is 6.92 Å². The zero-order valence-electron chi connectivity index (χ0n) is 13.4. The van der Waals surface area contributed by atoms with Gasteiger partial charge in [-0.2, -0.15) is 0 Å². The van der Waals surface area contributed by atoms with Crippen LogP contribution in [0, 0.1) is 5.92 Å². The molecule has 6 heteroatoms. The van der Waals surface area contributed by atoms with E-state index < -0.39 is 6.10 Å². The molecule has 2 N–H and O–H groups in total. The molecule has 5 nitrogen and oxygen atoms in total. The zero-order valence-corrected chi connectivity index (χ0v) is 14.2. The highest BCUT2D eigenvalue weighted by Gasteiger charge is 2.24. The van der Waals surface area contributed by atoms with Crippen LogP contribution in [-0.2, 0) is 0 Å². The molecule has 0 amide bonds. The second-order valence-electron chi connectivity index (χ2n) is 5.70. The second-order valence-corrected chi connectivity index (χ2v) is 6.11. The van der Waals surface area contributed by atoms with Crippen molar-refractivity contribution in [3.63, 3.8) is 0 Å². The summed E-state index contributed by atoms with van der Waals surface area (Å²) in [6.45, 7) is 6.91. The molecule has 1 aliphatic rings. The van der Waals surface area contributed by atoms with Gasteiger partial charge in [0.2, 0.25) is 0 Å². The summed E-state index contributed by atoms with van der Waals surface area (Å²) < 4.78 is 10.6. The van der Waals surface area contributed by atoms with Crippen molar-refractivity contribution >= 4 is 11.6 Å². The molecule has 2 atom stereocenters. The number of piperazine rings is 1. The highest BCUT2D eigenvalue weighted by molar-refractivity contribution is 6.32. The number of hydrogen-bond acceptors (Lipinski definition) is 5. The Kier molecular flexibility index (Phi) is 6.32. The van der Waals surface area contributed by atoms with Crippen LogP contribution in [0.1, 0.15) is 18.6 Å². The van der Waals surface area contributed by atoms with Gasteiger partial charge in [0.15, 0.2) is 0 Å². The maximum atomic E-state index is 10.7. The predicted octanol–water partition coefficient (Wildman–Crippen LogP) is 1.93. The SMILES string of the molecule is COc1cc(OC)c(C(O)C(C)CN2CCNCC2)cc1Cl. The first-order chi connectivity index (χ1) is 10.6. The van der Waals surface area contributed by atoms with Crippen molar-refractivity contribution in [1.82, 2.24) is 10.2 Å². The highest BCUT2D eigenvalue weighted by atomic mass is 35.5. The molecule has 1 heterocycles. The van der Waals surface area contributed by atoms with Crippen LogP contribution in [0.25, 0.3) is 0 Å². The van der Waals surface area contributed by atoms with Gasteiger partial charge in [0.25, 0.3) is 0 Å². The van der Waals surface area contributed by atoms with Crippen molar-refractivity contribution in [3.05, 3.63) is 22.7 Å². The number of halogens is 1. The number of nitrogens with zero attached hydrogens (tertiary/aromatic N) is 1. The number of rotatable bonds is 6. The third-order valence-electron chi connectivity index (χ3n) is 4.12. The van der Waals surface area contributed by atoms with Gasteiger partial charge in [-0.3, -0.25) is 0 Å². The highest BCUT2D eigenvalue weighted by Crippen LogP contribution is 2.38. The first kappa shape index (κ1) is 17.3. The Balaban J connectivity index is 2.13. The van der Waals surface area contributed by atoms with Crippen molar-refractivity contribution in [2.45, 2.75) is 13.0 Å². The fourth-order valence-electron chi connectivity index (χ4n) is 2.82. The molecule has 0 saturated carbocycles. The molecular weight excluding hydrogens is 304 g/mol. The van der Waals surface area contributed by atoms with E-state index in [1.165, 1.54) is 0 Å². The monoisotopic (exact) mass is 328 g/mol. The van der Waals surface area contributed by atoms with E-state index in [1.54, 1.807) is 26.4 Å². The maximum absolute atomic E-state index is 10.7. The fraction of sp³-hybridized carbons (Fsp3) is 0.625. The molecule has 1 aromatic rings. The van der Waals surface area contributed by atoms with Gasteiger partial charge in [0, 0.05) is 44.4 Å². The van der Waals surface area contributed by atoms with Crippen LogP contribution >= 0.6 is 11.6 Å². The third-order valence-corrected chi connectivity index (χ3v) is 4.41. The number of ether oxygens (including phenoxy) is 2. The van der Waals surface area contributed by atoms with Crippen molar-refractivity contribution in [1.29, 1.82) is 0 Å². The molecule has 0 radical (unpaired) electrons. The Bertz CT molecular complexity index is 493. The van der Waals surface area contributed by atoms with Crippen molar-refractivity contribution < 1.29 is 14.6 Å². The van der Waals surface area contributed by atoms with Gasteiger partial charge in [-0.15, -0.1) is 0 Å². The van der Waals surface area contributed by atoms with Crippen molar-refractivity contribution in [2.24, 2.45) is 5.92 Å². The van der Waals surface area contributed by atoms with E-state index in [0.717, 1.165) is 32.7 Å². The molecule has 1 fully saturated rings. The smallest absolute Gasteiger partial charge is 0.141 e. The van der Waals surface area contributed by atoms with Crippen LogP contribution in [0.15, 0.2) is 12.1 Å². The summed E-state index contributed by atoms with van der Waals surface area (Å²) >= 11 is 6.19. The van der Waals surface area contributed by atoms with E-state index in [9.17, 15) is 5.11 Å². The number of hydrogen-bond donors (Lipinski definition) is 2. The Labute approximate surface area is 137 Å². The van der Waals surface area contributed by atoms with Gasteiger partial charge in [0.05, 0.1) is 25.3 Å². The van der Waals surface area contributed by atoms with Crippen LogP contribution in [0.4, 0.5) is 0 Å². The van der Waals surface area contributed by atoms with Gasteiger partial charge < -0.3 is 24.8 Å². The summed E-state index contributed by atoms with van der Waals surface area (Å²) in [7, 11) is 3.14. The van der Waals surface area contributed by atoms with E-state index >= 15 is 0 Å². The van der Waals surface area contributed by atoms with Gasteiger partial charge in [-0.25, -0.2) is 0 Å². The van der Waals surface area contributed by atoms with Gasteiger partial charge in [-0.05, 0) is 12.0 Å². The lowest BCUT2D eigenvalue weighted by Gasteiger charge is -2.31. The molecule has 1 saturated heterocycles. The lowest BCUT2D eigenvalue weighted by Crippen LogP contribution is -2.45. The number of aliphatic hydroxyl groups excluding tert-OH is 1. The predicted molar refractivity (Wildman–Crippen MR) is 88.0 cm³/mol. The topological polar surface area (TPSA) is 54.0 Å². The first-order valence-corrected chi connectivity index (χ1v) is 7.97. The Morgan fingerprint density at radius 1 is 1.23 bits per heavy atom. The van der Waals surface area contributed by atoms with Crippen LogP contribution in [0.5, 0.6) is 11.5 Å². The van der Waals surface area contributed by atoms with Gasteiger partial charge in [-0.1, -0.05) is 18.5 Å². The van der Waals surface area contributed by atoms with Gasteiger partial charge in [0.1, 0.15) is 11.5 Å². The molecule has 0 bridgehead atoms. The fourth-order valence-corrected chi connectivity index (χ4v) is 3.07. The maximum Gasteiger partial charge on any atom is 0.141 e. The minimum atomic E-state index is -0.631. The quantitative estimate of drug-likeness (QED) is 0.835. The number of nitrogens with one attached hydrogen (secondary N) is 1. The minimum Gasteiger partial charge on any atom is -0.496 e. The van der Waals surface area contributed by atoms with Gasteiger partial charge >= 0.3 is 0 Å². The molecule has 124 valence electrons. The molecule has 1 aromatic carbocycles. The number of benzene rings is 1. The van der Waals surface area contributed by atoms with E-state index in [0.29, 0.717) is 22.1 Å². The molecule has 1 aliphatic heterocycles.